The van der Waals surface area contributed by atoms with Crippen LogP contribution in [0.2, 0.25) is 0 Å². The number of hydrogen-bond donors (Lipinski definition) is 0. The molecule has 0 aliphatic carbocycles. The van der Waals surface area contributed by atoms with Gasteiger partial charge in [-0.1, -0.05) is 42.5 Å². The van der Waals surface area contributed by atoms with Crippen LogP contribution >= 0.6 is 15.9 Å². The van der Waals surface area contributed by atoms with Gasteiger partial charge in [0.25, 0.3) is 0 Å². The van der Waals surface area contributed by atoms with Crippen molar-refractivity contribution in [1.82, 2.24) is 0 Å². The van der Waals surface area contributed by atoms with E-state index in [0.717, 1.165) is 26.7 Å². The molecule has 0 aliphatic heterocycles. The van der Waals surface area contributed by atoms with E-state index in [1.807, 2.05) is 62.4 Å². The van der Waals surface area contributed by atoms with Crippen LogP contribution in [0.1, 0.15) is 25.0 Å². The molecule has 25 heavy (non-hydrogen) atoms. The van der Waals surface area contributed by atoms with Gasteiger partial charge >= 0.3 is 0 Å². The Morgan fingerprint density at radius 3 is 2.48 bits per heavy atom. The summed E-state index contributed by atoms with van der Waals surface area (Å²) in [6, 6.07) is 22.4. The molecule has 0 saturated heterocycles. The summed E-state index contributed by atoms with van der Waals surface area (Å²) >= 11 is 3.54. The van der Waals surface area contributed by atoms with Crippen molar-refractivity contribution in [3.05, 3.63) is 76.3 Å². The lowest BCUT2D eigenvalue weighted by atomic mass is 10.0. The van der Waals surface area contributed by atoms with E-state index in [2.05, 4.69) is 40.2 Å². The molecule has 2 nitrogen and oxygen atoms in total. The number of fused-ring (bicyclic) bond motifs is 1. The quantitative estimate of drug-likeness (QED) is 0.377. The topological polar surface area (TPSA) is 33.0 Å². The van der Waals surface area contributed by atoms with E-state index in [0.29, 0.717) is 5.57 Å². The van der Waals surface area contributed by atoms with Gasteiger partial charge in [-0.15, -0.1) is 0 Å². The first-order valence-corrected chi connectivity index (χ1v) is 8.93. The monoisotopic (exact) mass is 391 g/mol. The number of halogens is 1. The minimum absolute atomic E-state index is 0.116. The standard InChI is InChI=1S/C22H18BrNO/c1-15(2)25-22-10-7-16(12-21(22)23)11-20(14-24)19-9-8-17-5-3-4-6-18(17)13-19/h3-13,15H,1-2H3. The SMILES string of the molecule is CC(C)Oc1ccc(C=C(C#N)c2ccc3ccccc3c2)cc1Br. The van der Waals surface area contributed by atoms with Crippen LogP contribution in [0.25, 0.3) is 22.4 Å². The fourth-order valence-electron chi connectivity index (χ4n) is 2.66. The van der Waals surface area contributed by atoms with E-state index in [1.165, 1.54) is 5.39 Å². The van der Waals surface area contributed by atoms with Gasteiger partial charge in [0.2, 0.25) is 0 Å². The molecule has 0 saturated carbocycles. The molecule has 3 aromatic rings. The summed E-state index contributed by atoms with van der Waals surface area (Å²) < 4.78 is 6.61. The molecule has 0 unspecified atom stereocenters. The molecule has 0 spiro atoms. The van der Waals surface area contributed by atoms with Gasteiger partial charge < -0.3 is 4.74 Å². The van der Waals surface area contributed by atoms with Crippen molar-refractivity contribution >= 4 is 38.4 Å². The average molecular weight is 392 g/mol. The first kappa shape index (κ1) is 17.3. The highest BCUT2D eigenvalue weighted by Gasteiger charge is 2.06. The molecule has 0 heterocycles. The summed E-state index contributed by atoms with van der Waals surface area (Å²) in [6.07, 6.45) is 2.01. The lowest BCUT2D eigenvalue weighted by Crippen LogP contribution is -2.05. The summed E-state index contributed by atoms with van der Waals surface area (Å²) in [5.74, 6) is 0.802. The van der Waals surface area contributed by atoms with Gasteiger partial charge in [0.1, 0.15) is 5.75 Å². The highest BCUT2D eigenvalue weighted by molar-refractivity contribution is 9.10. The molecule has 0 N–H and O–H groups in total. The van der Waals surface area contributed by atoms with E-state index in [1.54, 1.807) is 0 Å². The van der Waals surface area contributed by atoms with Crippen LogP contribution in [0.4, 0.5) is 0 Å². The van der Waals surface area contributed by atoms with E-state index in [-0.39, 0.29) is 6.10 Å². The normalized spacial score (nSPS) is 11.6. The number of allylic oxidation sites excluding steroid dienone is 1. The molecule has 3 rings (SSSR count). The maximum absolute atomic E-state index is 9.60. The minimum atomic E-state index is 0.116. The maximum Gasteiger partial charge on any atom is 0.133 e. The molecule has 3 heteroatoms. The molecule has 0 amide bonds. The Morgan fingerprint density at radius 1 is 1.04 bits per heavy atom. The molecule has 3 aromatic carbocycles. The number of nitriles is 1. The summed E-state index contributed by atoms with van der Waals surface area (Å²) in [7, 11) is 0. The van der Waals surface area contributed by atoms with Crippen LogP contribution in [0.5, 0.6) is 5.75 Å². The molecule has 0 radical (unpaired) electrons. The lowest BCUT2D eigenvalue weighted by Gasteiger charge is -2.11. The van der Waals surface area contributed by atoms with Crippen molar-refractivity contribution in [2.24, 2.45) is 0 Å². The molecule has 0 bridgehead atoms. The third-order valence-corrected chi connectivity index (χ3v) is 4.43. The Kier molecular flexibility index (Phi) is 5.21. The van der Waals surface area contributed by atoms with Crippen LogP contribution < -0.4 is 4.74 Å². The van der Waals surface area contributed by atoms with Crippen LogP contribution in [0.3, 0.4) is 0 Å². The van der Waals surface area contributed by atoms with Gasteiger partial charge in [0, 0.05) is 0 Å². The summed E-state index contributed by atoms with van der Waals surface area (Å²) in [5, 5.41) is 11.9. The minimum Gasteiger partial charge on any atom is -0.490 e. The molecule has 0 aromatic heterocycles. The first-order chi connectivity index (χ1) is 12.1. The van der Waals surface area contributed by atoms with Gasteiger partial charge in [0.15, 0.2) is 0 Å². The lowest BCUT2D eigenvalue weighted by molar-refractivity contribution is 0.241. The predicted octanol–water partition coefficient (Wildman–Crippen LogP) is 6.45. The van der Waals surface area contributed by atoms with Crippen molar-refractivity contribution in [1.29, 1.82) is 5.26 Å². The number of nitrogens with zero attached hydrogens (tertiary/aromatic N) is 1. The molecule has 0 fully saturated rings. The fraction of sp³-hybridized carbons (Fsp3) is 0.136. The predicted molar refractivity (Wildman–Crippen MR) is 107 cm³/mol. The molecule has 0 atom stereocenters. The number of hydrogen-bond acceptors (Lipinski definition) is 2. The Hall–Kier alpha value is -2.57. The second-order valence-corrected chi connectivity index (χ2v) is 6.94. The van der Waals surface area contributed by atoms with Crippen molar-refractivity contribution in [3.8, 4) is 11.8 Å². The van der Waals surface area contributed by atoms with Crippen LogP contribution in [0.15, 0.2) is 65.1 Å². The van der Waals surface area contributed by atoms with Gasteiger partial charge in [-0.25, -0.2) is 0 Å². The zero-order valence-electron chi connectivity index (χ0n) is 14.2. The number of ether oxygens (including phenoxy) is 1. The first-order valence-electron chi connectivity index (χ1n) is 8.14. The summed E-state index contributed by atoms with van der Waals surface area (Å²) in [5.41, 5.74) is 2.50. The Labute approximate surface area is 156 Å². The Bertz CT molecular complexity index is 983. The van der Waals surface area contributed by atoms with Crippen molar-refractivity contribution in [2.75, 3.05) is 0 Å². The van der Waals surface area contributed by atoms with Gasteiger partial charge in [-0.05, 0) is 76.0 Å². The zero-order valence-corrected chi connectivity index (χ0v) is 15.7. The number of rotatable bonds is 4. The highest BCUT2D eigenvalue weighted by Crippen LogP contribution is 2.29. The van der Waals surface area contributed by atoms with Crippen LogP contribution in [-0.4, -0.2) is 6.10 Å². The highest BCUT2D eigenvalue weighted by atomic mass is 79.9. The smallest absolute Gasteiger partial charge is 0.133 e. The van der Waals surface area contributed by atoms with E-state index < -0.39 is 0 Å². The van der Waals surface area contributed by atoms with Crippen LogP contribution in [-0.2, 0) is 0 Å². The van der Waals surface area contributed by atoms with Crippen molar-refractivity contribution in [2.45, 2.75) is 20.0 Å². The van der Waals surface area contributed by atoms with E-state index in [4.69, 9.17) is 4.74 Å². The molecule has 0 aliphatic rings. The number of benzene rings is 3. The second-order valence-electron chi connectivity index (χ2n) is 6.09. The van der Waals surface area contributed by atoms with E-state index in [9.17, 15) is 5.26 Å². The van der Waals surface area contributed by atoms with Crippen molar-refractivity contribution < 1.29 is 4.74 Å². The summed E-state index contributed by atoms with van der Waals surface area (Å²) in [6.45, 7) is 3.99. The van der Waals surface area contributed by atoms with Gasteiger partial charge in [-0.3, -0.25) is 0 Å². The average Bonchev–Trinajstić information content (AvgIpc) is 2.61. The van der Waals surface area contributed by atoms with E-state index >= 15 is 0 Å². The summed E-state index contributed by atoms with van der Waals surface area (Å²) in [4.78, 5) is 0. The fourth-order valence-corrected chi connectivity index (χ4v) is 3.15. The van der Waals surface area contributed by atoms with Crippen LogP contribution in [0, 0.1) is 11.3 Å². The zero-order chi connectivity index (χ0) is 17.8. The van der Waals surface area contributed by atoms with Crippen molar-refractivity contribution in [3.63, 3.8) is 0 Å². The molecule has 124 valence electrons. The Balaban J connectivity index is 1.97. The van der Waals surface area contributed by atoms with Gasteiger partial charge in [-0.2, -0.15) is 5.26 Å². The third-order valence-electron chi connectivity index (χ3n) is 3.81. The molecular formula is C22H18BrNO. The Morgan fingerprint density at radius 2 is 1.80 bits per heavy atom. The van der Waals surface area contributed by atoms with Gasteiger partial charge in [0.05, 0.1) is 22.2 Å². The second kappa shape index (κ2) is 7.55. The largest absolute Gasteiger partial charge is 0.490 e. The maximum atomic E-state index is 9.60. The molecular weight excluding hydrogens is 374 g/mol. The third kappa shape index (κ3) is 4.10.